The number of benzene rings is 2. The first-order chi connectivity index (χ1) is 8.49. The Morgan fingerprint density at radius 2 is 1.06 bits per heavy atom. The van der Waals surface area contributed by atoms with Crippen LogP contribution in [0.3, 0.4) is 0 Å². The second-order valence-corrected chi connectivity index (χ2v) is 4.90. The molecule has 0 aliphatic heterocycles. The monoisotopic (exact) mass is 274 g/mol. The van der Waals surface area contributed by atoms with Gasteiger partial charge in [0, 0.05) is 9.79 Å². The molecule has 0 bridgehead atoms. The minimum absolute atomic E-state index is 0.0279. The van der Waals surface area contributed by atoms with E-state index in [9.17, 15) is 21.8 Å². The highest BCUT2D eigenvalue weighted by Gasteiger charge is 2.12. The van der Waals surface area contributed by atoms with Crippen molar-refractivity contribution in [3.63, 3.8) is 0 Å². The summed E-state index contributed by atoms with van der Waals surface area (Å²) in [4.78, 5) is -0.0557. The first-order valence-electron chi connectivity index (χ1n) is 4.81. The van der Waals surface area contributed by atoms with Gasteiger partial charge < -0.3 is 0 Å². The first kappa shape index (κ1) is 12.8. The molecule has 1 nitrogen and oxygen atoms in total. The SMILES string of the molecule is O=S(c1ccc(F)c(F)c1)c1ccc(F)c(F)c1. The van der Waals surface area contributed by atoms with Crippen LogP contribution in [0.15, 0.2) is 46.2 Å². The Kier molecular flexibility index (Phi) is 3.47. The van der Waals surface area contributed by atoms with Gasteiger partial charge in [-0.15, -0.1) is 0 Å². The molecular weight excluding hydrogens is 268 g/mol. The molecule has 0 atom stereocenters. The van der Waals surface area contributed by atoms with E-state index in [0.29, 0.717) is 0 Å². The van der Waals surface area contributed by atoms with Crippen LogP contribution < -0.4 is 0 Å². The Balaban J connectivity index is 2.41. The normalized spacial score (nSPS) is 10.9. The third-order valence-electron chi connectivity index (χ3n) is 2.21. The van der Waals surface area contributed by atoms with Gasteiger partial charge in [0.15, 0.2) is 23.3 Å². The topological polar surface area (TPSA) is 17.1 Å². The molecule has 0 unspecified atom stereocenters. The van der Waals surface area contributed by atoms with Crippen molar-refractivity contribution in [1.82, 2.24) is 0 Å². The summed E-state index contributed by atoms with van der Waals surface area (Å²) in [5, 5.41) is 0. The van der Waals surface area contributed by atoms with E-state index in [1.165, 1.54) is 0 Å². The van der Waals surface area contributed by atoms with Gasteiger partial charge in [-0.25, -0.2) is 21.8 Å². The molecule has 2 aromatic carbocycles. The zero-order valence-corrected chi connectivity index (χ0v) is 9.61. The smallest absolute Gasteiger partial charge is 0.160 e. The summed E-state index contributed by atoms with van der Waals surface area (Å²) in [6, 6.07) is 5.40. The lowest BCUT2D eigenvalue weighted by Crippen LogP contribution is -1.97. The summed E-state index contributed by atoms with van der Waals surface area (Å²) in [7, 11) is -1.90. The minimum Gasteiger partial charge on any atom is -0.249 e. The molecule has 0 radical (unpaired) electrons. The molecule has 0 N–H and O–H groups in total. The maximum absolute atomic E-state index is 13.0. The number of halogens is 4. The Bertz CT molecular complexity index is 574. The maximum atomic E-state index is 13.0. The van der Waals surface area contributed by atoms with E-state index in [0.717, 1.165) is 36.4 Å². The van der Waals surface area contributed by atoms with E-state index in [-0.39, 0.29) is 9.79 Å². The molecule has 0 aliphatic rings. The van der Waals surface area contributed by atoms with Crippen molar-refractivity contribution in [2.24, 2.45) is 0 Å². The molecule has 0 amide bonds. The fourth-order valence-corrected chi connectivity index (χ4v) is 2.40. The van der Waals surface area contributed by atoms with Crippen LogP contribution in [0.4, 0.5) is 17.6 Å². The summed E-state index contributed by atoms with van der Waals surface area (Å²) in [6.45, 7) is 0. The van der Waals surface area contributed by atoms with Gasteiger partial charge in [0.25, 0.3) is 0 Å². The molecule has 6 heteroatoms. The zero-order chi connectivity index (χ0) is 13.3. The molecule has 94 valence electrons. The van der Waals surface area contributed by atoms with Crippen molar-refractivity contribution in [1.29, 1.82) is 0 Å². The third kappa shape index (κ3) is 2.43. The molecule has 0 fully saturated rings. The van der Waals surface area contributed by atoms with Gasteiger partial charge in [-0.05, 0) is 36.4 Å². The lowest BCUT2D eigenvalue weighted by atomic mass is 10.3. The van der Waals surface area contributed by atoms with Crippen LogP contribution in [-0.4, -0.2) is 4.21 Å². The predicted molar refractivity (Wildman–Crippen MR) is 57.4 cm³/mol. The molecule has 0 saturated heterocycles. The molecule has 0 aromatic heterocycles. The van der Waals surface area contributed by atoms with Gasteiger partial charge in [-0.2, -0.15) is 0 Å². The molecule has 18 heavy (non-hydrogen) atoms. The summed E-state index contributed by atoms with van der Waals surface area (Å²) in [5.74, 6) is -4.44. The summed E-state index contributed by atoms with van der Waals surface area (Å²) < 4.78 is 63.2. The Labute approximate surface area is 103 Å². The summed E-state index contributed by atoms with van der Waals surface area (Å²) in [5.41, 5.74) is 0. The lowest BCUT2D eigenvalue weighted by Gasteiger charge is -2.03. The zero-order valence-electron chi connectivity index (χ0n) is 8.79. The van der Waals surface area contributed by atoms with Gasteiger partial charge in [-0.3, -0.25) is 0 Å². The number of hydrogen-bond acceptors (Lipinski definition) is 1. The van der Waals surface area contributed by atoms with Gasteiger partial charge in [-0.1, -0.05) is 0 Å². The van der Waals surface area contributed by atoms with Crippen molar-refractivity contribution in [3.8, 4) is 0 Å². The molecule has 0 aliphatic carbocycles. The fourth-order valence-electron chi connectivity index (χ4n) is 1.32. The minimum atomic E-state index is -1.90. The van der Waals surface area contributed by atoms with E-state index in [4.69, 9.17) is 0 Å². The van der Waals surface area contributed by atoms with Crippen molar-refractivity contribution in [3.05, 3.63) is 59.7 Å². The van der Waals surface area contributed by atoms with Crippen molar-refractivity contribution < 1.29 is 21.8 Å². The maximum Gasteiger partial charge on any atom is 0.160 e. The van der Waals surface area contributed by atoms with Gasteiger partial charge in [0.1, 0.15) is 0 Å². The largest absolute Gasteiger partial charge is 0.249 e. The van der Waals surface area contributed by atoms with Crippen LogP contribution >= 0.6 is 0 Å². The van der Waals surface area contributed by atoms with E-state index in [1.807, 2.05) is 0 Å². The Morgan fingerprint density at radius 3 is 1.39 bits per heavy atom. The van der Waals surface area contributed by atoms with Crippen molar-refractivity contribution in [2.45, 2.75) is 9.79 Å². The number of hydrogen-bond donors (Lipinski definition) is 0. The van der Waals surface area contributed by atoms with E-state index >= 15 is 0 Å². The second kappa shape index (κ2) is 4.89. The molecule has 0 saturated carbocycles. The molecule has 0 spiro atoms. The van der Waals surface area contributed by atoms with Gasteiger partial charge in [0.05, 0.1) is 10.8 Å². The Hall–Kier alpha value is -1.69. The lowest BCUT2D eigenvalue weighted by molar-refractivity contribution is 0.504. The second-order valence-electron chi connectivity index (χ2n) is 3.42. The summed E-state index contributed by atoms with van der Waals surface area (Å²) in [6.07, 6.45) is 0. The molecule has 0 heterocycles. The van der Waals surface area contributed by atoms with E-state index < -0.39 is 34.1 Å². The van der Waals surface area contributed by atoms with Crippen LogP contribution in [-0.2, 0) is 10.8 Å². The molecule has 2 aromatic rings. The van der Waals surface area contributed by atoms with Crippen LogP contribution in [0.5, 0.6) is 0 Å². The average molecular weight is 274 g/mol. The van der Waals surface area contributed by atoms with Gasteiger partial charge in [0.2, 0.25) is 0 Å². The van der Waals surface area contributed by atoms with Gasteiger partial charge >= 0.3 is 0 Å². The third-order valence-corrected chi connectivity index (χ3v) is 3.57. The van der Waals surface area contributed by atoms with Crippen molar-refractivity contribution in [2.75, 3.05) is 0 Å². The quantitative estimate of drug-likeness (QED) is 0.767. The summed E-state index contributed by atoms with van der Waals surface area (Å²) >= 11 is 0. The standard InChI is InChI=1S/C12H6F4OS/c13-9-3-1-7(5-11(9)15)18(17)8-2-4-10(14)12(16)6-8/h1-6H. The molecular formula is C12H6F4OS. The van der Waals surface area contributed by atoms with Crippen LogP contribution in [0.25, 0.3) is 0 Å². The highest BCUT2D eigenvalue weighted by atomic mass is 32.2. The first-order valence-corrected chi connectivity index (χ1v) is 5.96. The van der Waals surface area contributed by atoms with Crippen LogP contribution in [0, 0.1) is 23.3 Å². The molecule has 2 rings (SSSR count). The Morgan fingerprint density at radius 1 is 0.667 bits per heavy atom. The average Bonchev–Trinajstić information content (AvgIpc) is 2.35. The number of rotatable bonds is 2. The van der Waals surface area contributed by atoms with Crippen molar-refractivity contribution >= 4 is 10.8 Å². The highest BCUT2D eigenvalue weighted by Crippen LogP contribution is 2.20. The van der Waals surface area contributed by atoms with E-state index in [1.54, 1.807) is 0 Å². The van der Waals surface area contributed by atoms with Crippen LogP contribution in [0.2, 0.25) is 0 Å². The highest BCUT2D eigenvalue weighted by molar-refractivity contribution is 7.85. The van der Waals surface area contributed by atoms with E-state index in [2.05, 4.69) is 0 Å². The van der Waals surface area contributed by atoms with Crippen LogP contribution in [0.1, 0.15) is 0 Å². The predicted octanol–water partition coefficient (Wildman–Crippen LogP) is 3.41. The fraction of sp³-hybridized carbons (Fsp3) is 0.